The largest absolute Gasteiger partial charge is 0.445 e. The Balaban J connectivity index is 1.61. The molecule has 192 valence electrons. The molecule has 8 nitrogen and oxygen atoms in total. The van der Waals surface area contributed by atoms with Gasteiger partial charge in [0.1, 0.15) is 18.7 Å². The Kier molecular flexibility index (Phi) is 7.63. The molecule has 3 amide bonds. The maximum absolute atomic E-state index is 14.1. The summed E-state index contributed by atoms with van der Waals surface area (Å²) in [5, 5.41) is 12.9. The van der Waals surface area contributed by atoms with E-state index < -0.39 is 23.6 Å². The molecule has 2 aliphatic rings. The second kappa shape index (κ2) is 10.9. The second-order valence-corrected chi connectivity index (χ2v) is 10.0. The van der Waals surface area contributed by atoms with Gasteiger partial charge in [0.2, 0.25) is 11.8 Å². The molecular formula is C29H32N4O4. The summed E-state index contributed by atoms with van der Waals surface area (Å²) in [7, 11) is 0. The van der Waals surface area contributed by atoms with Crippen molar-refractivity contribution in [2.24, 2.45) is 5.92 Å². The van der Waals surface area contributed by atoms with Crippen molar-refractivity contribution in [2.45, 2.75) is 50.8 Å². The van der Waals surface area contributed by atoms with E-state index in [1.54, 1.807) is 6.08 Å². The number of amides is 3. The number of anilines is 1. The highest BCUT2D eigenvalue weighted by Crippen LogP contribution is 2.46. The van der Waals surface area contributed by atoms with Crippen molar-refractivity contribution < 1.29 is 19.1 Å². The van der Waals surface area contributed by atoms with Gasteiger partial charge in [0.05, 0.1) is 11.5 Å². The molecule has 2 aromatic carbocycles. The standard InChI is InChI=1S/C29H32N4O4/c1-4-14-32(28(36)37-18-21-10-6-5-7-11-21)25(15-20(2)3)26(34)33-19-29(16-22(33)17-30)23-12-8-9-13-24(23)31-27(29)35/h4-13,20,22,25H,1,14-16,18-19H2,2-3H3,(H,31,35)/t22-,25-,29-/m0/s1. The molecule has 2 aromatic rings. The van der Waals surface area contributed by atoms with Gasteiger partial charge in [-0.1, -0.05) is 68.5 Å². The van der Waals surface area contributed by atoms with E-state index in [9.17, 15) is 19.6 Å². The van der Waals surface area contributed by atoms with Crippen LogP contribution in [0, 0.1) is 17.2 Å². The molecule has 1 fully saturated rings. The van der Waals surface area contributed by atoms with Gasteiger partial charge < -0.3 is 15.0 Å². The van der Waals surface area contributed by atoms with Gasteiger partial charge in [0, 0.05) is 25.2 Å². The summed E-state index contributed by atoms with van der Waals surface area (Å²) in [6.45, 7) is 7.95. The maximum atomic E-state index is 14.1. The van der Waals surface area contributed by atoms with Gasteiger partial charge in [-0.25, -0.2) is 4.79 Å². The van der Waals surface area contributed by atoms with Crippen molar-refractivity contribution in [3.05, 3.63) is 78.4 Å². The predicted octanol–water partition coefficient (Wildman–Crippen LogP) is 4.24. The van der Waals surface area contributed by atoms with Crippen LogP contribution < -0.4 is 5.32 Å². The van der Waals surface area contributed by atoms with Crippen LogP contribution in [0.5, 0.6) is 0 Å². The lowest BCUT2D eigenvalue weighted by molar-refractivity contribution is -0.137. The number of carbonyl (C=O) groups is 3. The Morgan fingerprint density at radius 1 is 1.24 bits per heavy atom. The molecule has 8 heteroatoms. The van der Waals surface area contributed by atoms with Crippen LogP contribution in [0.4, 0.5) is 10.5 Å². The predicted molar refractivity (Wildman–Crippen MR) is 139 cm³/mol. The zero-order valence-electron chi connectivity index (χ0n) is 21.2. The monoisotopic (exact) mass is 500 g/mol. The van der Waals surface area contributed by atoms with Gasteiger partial charge in [-0.3, -0.25) is 14.5 Å². The smallest absolute Gasteiger partial charge is 0.411 e. The lowest BCUT2D eigenvalue weighted by Crippen LogP contribution is -2.53. The second-order valence-electron chi connectivity index (χ2n) is 10.0. The third kappa shape index (κ3) is 5.08. The molecule has 1 saturated heterocycles. The highest BCUT2D eigenvalue weighted by Gasteiger charge is 2.56. The molecule has 0 saturated carbocycles. The molecule has 0 aliphatic carbocycles. The summed E-state index contributed by atoms with van der Waals surface area (Å²) in [4.78, 5) is 43.3. The number of ether oxygens (including phenoxy) is 1. The number of likely N-dealkylation sites (tertiary alicyclic amines) is 1. The summed E-state index contributed by atoms with van der Waals surface area (Å²) in [5.41, 5.74) is 1.33. The Bertz CT molecular complexity index is 1220. The van der Waals surface area contributed by atoms with Crippen molar-refractivity contribution in [3.8, 4) is 6.07 Å². The van der Waals surface area contributed by atoms with Crippen LogP contribution in [-0.4, -0.2) is 52.9 Å². The van der Waals surface area contributed by atoms with Crippen LogP contribution in [0.25, 0.3) is 0 Å². The molecule has 3 atom stereocenters. The van der Waals surface area contributed by atoms with Gasteiger partial charge in [0.15, 0.2) is 0 Å². The summed E-state index contributed by atoms with van der Waals surface area (Å²) in [5.74, 6) is -0.501. The van der Waals surface area contributed by atoms with E-state index in [1.165, 1.54) is 9.80 Å². The minimum atomic E-state index is -0.994. The van der Waals surface area contributed by atoms with Gasteiger partial charge in [0.25, 0.3) is 0 Å². The van der Waals surface area contributed by atoms with Crippen molar-refractivity contribution >= 4 is 23.6 Å². The number of nitrogens with zero attached hydrogens (tertiary/aromatic N) is 3. The SMILES string of the molecule is C=CCN(C(=O)OCc1ccccc1)[C@@H](CC(C)C)C(=O)N1C[C@]2(C[C@H]1C#N)C(=O)Nc1ccccc12. The quantitative estimate of drug-likeness (QED) is 0.546. The summed E-state index contributed by atoms with van der Waals surface area (Å²) >= 11 is 0. The minimum absolute atomic E-state index is 0.0699. The fourth-order valence-electron chi connectivity index (χ4n) is 5.26. The van der Waals surface area contributed by atoms with Crippen molar-refractivity contribution in [1.29, 1.82) is 5.26 Å². The van der Waals surface area contributed by atoms with E-state index in [0.717, 1.165) is 11.1 Å². The fraction of sp³-hybridized carbons (Fsp3) is 0.379. The van der Waals surface area contributed by atoms with Crippen molar-refractivity contribution in [3.63, 3.8) is 0 Å². The Hall–Kier alpha value is -4.12. The molecule has 4 rings (SSSR count). The van der Waals surface area contributed by atoms with E-state index >= 15 is 0 Å². The third-order valence-corrected chi connectivity index (χ3v) is 7.04. The maximum Gasteiger partial charge on any atom is 0.411 e. The molecular weight excluding hydrogens is 468 g/mol. The zero-order valence-corrected chi connectivity index (χ0v) is 21.2. The molecule has 2 aliphatic heterocycles. The van der Waals surface area contributed by atoms with Gasteiger partial charge in [-0.05, 0) is 29.5 Å². The molecule has 0 bridgehead atoms. The molecule has 1 N–H and O–H groups in total. The number of nitrogens with one attached hydrogen (secondary N) is 1. The van der Waals surface area contributed by atoms with Gasteiger partial charge in [-0.2, -0.15) is 5.26 Å². The lowest BCUT2D eigenvalue weighted by Gasteiger charge is -2.34. The number of rotatable bonds is 8. The van der Waals surface area contributed by atoms with Gasteiger partial charge in [-0.15, -0.1) is 6.58 Å². The summed E-state index contributed by atoms with van der Waals surface area (Å²) in [6, 6.07) is 17.2. The number of carbonyl (C=O) groups excluding carboxylic acids is 3. The summed E-state index contributed by atoms with van der Waals surface area (Å²) < 4.78 is 5.57. The number of nitriles is 1. The molecule has 0 unspecified atom stereocenters. The average Bonchev–Trinajstić information content (AvgIpc) is 3.42. The zero-order chi connectivity index (χ0) is 26.6. The molecule has 1 spiro atoms. The first-order valence-corrected chi connectivity index (χ1v) is 12.5. The molecule has 0 radical (unpaired) electrons. The molecule has 2 heterocycles. The topological polar surface area (TPSA) is 103 Å². The van der Waals surface area contributed by atoms with E-state index in [0.29, 0.717) is 12.1 Å². The lowest BCUT2D eigenvalue weighted by atomic mass is 9.80. The Morgan fingerprint density at radius 2 is 1.95 bits per heavy atom. The third-order valence-electron chi connectivity index (χ3n) is 7.04. The van der Waals surface area contributed by atoms with Crippen LogP contribution in [0.2, 0.25) is 0 Å². The minimum Gasteiger partial charge on any atom is -0.445 e. The van der Waals surface area contributed by atoms with Crippen LogP contribution in [0.1, 0.15) is 37.8 Å². The number of para-hydroxylation sites is 1. The van der Waals surface area contributed by atoms with E-state index in [1.807, 2.05) is 68.4 Å². The van der Waals surface area contributed by atoms with Crippen LogP contribution in [-0.2, 0) is 26.3 Å². The number of fused-ring (bicyclic) bond motifs is 2. The van der Waals surface area contributed by atoms with Crippen molar-refractivity contribution in [2.75, 3.05) is 18.4 Å². The van der Waals surface area contributed by atoms with E-state index in [4.69, 9.17) is 4.74 Å². The van der Waals surface area contributed by atoms with E-state index in [2.05, 4.69) is 18.0 Å². The summed E-state index contributed by atoms with van der Waals surface area (Å²) in [6.07, 6.45) is 1.50. The van der Waals surface area contributed by atoms with Crippen LogP contribution in [0.15, 0.2) is 67.3 Å². The Morgan fingerprint density at radius 3 is 2.62 bits per heavy atom. The first-order valence-electron chi connectivity index (χ1n) is 12.5. The van der Waals surface area contributed by atoms with Gasteiger partial charge >= 0.3 is 6.09 Å². The number of benzene rings is 2. The first-order chi connectivity index (χ1) is 17.8. The van der Waals surface area contributed by atoms with E-state index in [-0.39, 0.29) is 43.8 Å². The number of hydrogen-bond donors (Lipinski definition) is 1. The highest BCUT2D eigenvalue weighted by atomic mass is 16.6. The molecule has 37 heavy (non-hydrogen) atoms. The number of hydrogen-bond acceptors (Lipinski definition) is 5. The fourth-order valence-corrected chi connectivity index (χ4v) is 5.26. The Labute approximate surface area is 217 Å². The first kappa shape index (κ1) is 26.0. The highest BCUT2D eigenvalue weighted by molar-refractivity contribution is 6.07. The molecule has 0 aromatic heterocycles. The van der Waals surface area contributed by atoms with Crippen LogP contribution >= 0.6 is 0 Å². The van der Waals surface area contributed by atoms with Crippen molar-refractivity contribution in [1.82, 2.24) is 9.80 Å². The van der Waals surface area contributed by atoms with Crippen LogP contribution in [0.3, 0.4) is 0 Å². The normalized spacial score (nSPS) is 20.8. The average molecular weight is 501 g/mol.